The topological polar surface area (TPSA) is 66.9 Å². The molecular formula is C18H22N2O4S. The fraction of sp³-hybridized carbons (Fsp3) is 0.278. The largest absolute Gasteiger partial charge is 0.496 e. The Bertz CT molecular complexity index is 846. The zero-order chi connectivity index (χ0) is 18.6. The molecule has 0 aliphatic carbocycles. The first-order valence-electron chi connectivity index (χ1n) is 7.67. The second-order valence-corrected chi connectivity index (χ2v) is 7.94. The number of hydrogen-bond acceptors (Lipinski definition) is 4. The molecule has 2 aromatic carbocycles. The summed E-state index contributed by atoms with van der Waals surface area (Å²) in [6, 6.07) is 13.4. The predicted octanol–water partition coefficient (Wildman–Crippen LogP) is 2.22. The Morgan fingerprint density at radius 3 is 2.16 bits per heavy atom. The summed E-state index contributed by atoms with van der Waals surface area (Å²) in [6.07, 6.45) is 0. The molecule has 6 nitrogen and oxygen atoms in total. The van der Waals surface area contributed by atoms with E-state index in [0.717, 1.165) is 15.6 Å². The summed E-state index contributed by atoms with van der Waals surface area (Å²) in [5, 5.41) is 0. The van der Waals surface area contributed by atoms with Gasteiger partial charge in [0.2, 0.25) is 10.0 Å². The average Bonchev–Trinajstić information content (AvgIpc) is 2.61. The predicted molar refractivity (Wildman–Crippen MR) is 96.1 cm³/mol. The van der Waals surface area contributed by atoms with Gasteiger partial charge in [-0.25, -0.2) is 12.7 Å². The first-order chi connectivity index (χ1) is 11.8. The minimum Gasteiger partial charge on any atom is -0.496 e. The van der Waals surface area contributed by atoms with Crippen LogP contribution in [-0.2, 0) is 16.6 Å². The Labute approximate surface area is 148 Å². The van der Waals surface area contributed by atoms with Crippen molar-refractivity contribution in [2.75, 3.05) is 28.3 Å². The third-order valence-corrected chi connectivity index (χ3v) is 5.66. The van der Waals surface area contributed by atoms with E-state index in [9.17, 15) is 13.2 Å². The summed E-state index contributed by atoms with van der Waals surface area (Å²) in [5.74, 6) is 0.522. The van der Waals surface area contributed by atoms with Crippen molar-refractivity contribution in [3.8, 4) is 5.75 Å². The van der Waals surface area contributed by atoms with Crippen LogP contribution in [0.1, 0.15) is 15.9 Å². The van der Waals surface area contributed by atoms with Gasteiger partial charge < -0.3 is 9.64 Å². The molecule has 0 saturated heterocycles. The van der Waals surface area contributed by atoms with E-state index in [2.05, 4.69) is 0 Å². The minimum atomic E-state index is -3.51. The van der Waals surface area contributed by atoms with Crippen molar-refractivity contribution in [3.05, 3.63) is 59.7 Å². The lowest BCUT2D eigenvalue weighted by Crippen LogP contribution is -2.26. The Hall–Kier alpha value is -2.38. The standard InChI is InChI=1S/C18H22N2O4S/c1-19(2)25(22,23)16-11-9-14(10-12-16)18(21)20(3)13-15-7-5-6-8-17(15)24-4/h5-12H,13H2,1-4H3. The molecule has 0 atom stereocenters. The Kier molecular flexibility index (Phi) is 5.81. The van der Waals surface area contributed by atoms with Gasteiger partial charge in [0.1, 0.15) is 5.75 Å². The molecule has 0 N–H and O–H groups in total. The van der Waals surface area contributed by atoms with Gasteiger partial charge in [0.25, 0.3) is 5.91 Å². The zero-order valence-electron chi connectivity index (χ0n) is 14.8. The maximum atomic E-state index is 12.6. The highest BCUT2D eigenvalue weighted by atomic mass is 32.2. The van der Waals surface area contributed by atoms with Crippen molar-refractivity contribution >= 4 is 15.9 Å². The van der Waals surface area contributed by atoms with Crippen molar-refractivity contribution in [2.45, 2.75) is 11.4 Å². The minimum absolute atomic E-state index is 0.154. The number of nitrogens with zero attached hydrogens (tertiary/aromatic N) is 2. The molecule has 0 unspecified atom stereocenters. The zero-order valence-corrected chi connectivity index (χ0v) is 15.6. The molecule has 2 aromatic rings. The number of amides is 1. The van der Waals surface area contributed by atoms with E-state index in [1.54, 1.807) is 19.1 Å². The van der Waals surface area contributed by atoms with Crippen LogP contribution in [0.3, 0.4) is 0 Å². The summed E-state index contributed by atoms with van der Waals surface area (Å²) in [6.45, 7) is 0.389. The highest BCUT2D eigenvalue weighted by Gasteiger charge is 2.19. The molecule has 25 heavy (non-hydrogen) atoms. The van der Waals surface area contributed by atoms with E-state index in [4.69, 9.17) is 4.74 Å². The van der Waals surface area contributed by atoms with Crippen molar-refractivity contribution in [2.24, 2.45) is 0 Å². The number of carbonyl (C=O) groups excluding carboxylic acids is 1. The monoisotopic (exact) mass is 362 g/mol. The first kappa shape index (κ1) is 19.0. The van der Waals surface area contributed by atoms with Crippen LogP contribution in [0.2, 0.25) is 0 Å². The number of rotatable bonds is 6. The van der Waals surface area contributed by atoms with Gasteiger partial charge in [-0.1, -0.05) is 18.2 Å². The van der Waals surface area contributed by atoms with Gasteiger partial charge in [0.15, 0.2) is 0 Å². The first-order valence-corrected chi connectivity index (χ1v) is 9.11. The van der Waals surface area contributed by atoms with Crippen molar-refractivity contribution in [3.63, 3.8) is 0 Å². The van der Waals surface area contributed by atoms with Gasteiger partial charge in [0.05, 0.1) is 12.0 Å². The molecule has 7 heteroatoms. The smallest absolute Gasteiger partial charge is 0.253 e. The Balaban J connectivity index is 2.17. The SMILES string of the molecule is COc1ccccc1CN(C)C(=O)c1ccc(S(=O)(=O)N(C)C)cc1. The number of carbonyl (C=O) groups is 1. The Morgan fingerprint density at radius 1 is 1.00 bits per heavy atom. The van der Waals surface area contributed by atoms with Gasteiger partial charge >= 0.3 is 0 Å². The van der Waals surface area contributed by atoms with Gasteiger partial charge in [-0.2, -0.15) is 0 Å². The second-order valence-electron chi connectivity index (χ2n) is 5.78. The number of para-hydroxylation sites is 1. The van der Waals surface area contributed by atoms with Crippen LogP contribution in [0, 0.1) is 0 Å². The molecule has 0 aliphatic heterocycles. The summed E-state index contributed by atoms with van der Waals surface area (Å²) >= 11 is 0. The van der Waals surface area contributed by atoms with Crippen LogP contribution in [0.5, 0.6) is 5.75 Å². The van der Waals surface area contributed by atoms with E-state index in [-0.39, 0.29) is 10.8 Å². The summed E-state index contributed by atoms with van der Waals surface area (Å²) < 4.78 is 30.6. The molecular weight excluding hydrogens is 340 g/mol. The molecule has 1 amide bonds. The normalized spacial score (nSPS) is 11.4. The lowest BCUT2D eigenvalue weighted by molar-refractivity contribution is 0.0784. The van der Waals surface area contributed by atoms with Gasteiger partial charge in [-0.15, -0.1) is 0 Å². The lowest BCUT2D eigenvalue weighted by Gasteiger charge is -2.19. The van der Waals surface area contributed by atoms with Gasteiger partial charge in [0, 0.05) is 38.8 Å². The van der Waals surface area contributed by atoms with Gasteiger partial charge in [-0.3, -0.25) is 4.79 Å². The number of ether oxygens (including phenoxy) is 1. The molecule has 0 spiro atoms. The lowest BCUT2D eigenvalue weighted by atomic mass is 10.1. The molecule has 2 rings (SSSR count). The van der Waals surface area contributed by atoms with Crippen LogP contribution in [0.15, 0.2) is 53.4 Å². The summed E-state index contributed by atoms with van der Waals surface area (Å²) in [7, 11) is 2.71. The van der Waals surface area contributed by atoms with E-state index in [1.165, 1.54) is 38.4 Å². The van der Waals surface area contributed by atoms with Crippen LogP contribution in [-0.4, -0.2) is 51.8 Å². The molecule has 0 aliphatic rings. The van der Waals surface area contributed by atoms with Crippen LogP contribution >= 0.6 is 0 Å². The molecule has 0 bridgehead atoms. The van der Waals surface area contributed by atoms with E-state index < -0.39 is 10.0 Å². The summed E-state index contributed by atoms with van der Waals surface area (Å²) in [4.78, 5) is 14.3. The fourth-order valence-corrected chi connectivity index (χ4v) is 3.26. The molecule has 0 radical (unpaired) electrons. The number of methoxy groups -OCH3 is 1. The molecule has 0 heterocycles. The van der Waals surface area contributed by atoms with E-state index in [1.807, 2.05) is 24.3 Å². The van der Waals surface area contributed by atoms with E-state index >= 15 is 0 Å². The number of benzene rings is 2. The third kappa shape index (κ3) is 4.18. The second kappa shape index (κ2) is 7.67. The molecule has 0 saturated carbocycles. The van der Waals surface area contributed by atoms with Crippen LogP contribution in [0.25, 0.3) is 0 Å². The number of sulfonamides is 1. The maximum Gasteiger partial charge on any atom is 0.253 e. The Morgan fingerprint density at radius 2 is 1.60 bits per heavy atom. The van der Waals surface area contributed by atoms with Crippen molar-refractivity contribution in [1.29, 1.82) is 0 Å². The van der Waals surface area contributed by atoms with Crippen molar-refractivity contribution < 1.29 is 17.9 Å². The highest BCUT2D eigenvalue weighted by Crippen LogP contribution is 2.20. The third-order valence-electron chi connectivity index (χ3n) is 3.83. The van der Waals surface area contributed by atoms with Crippen LogP contribution in [0.4, 0.5) is 0 Å². The summed E-state index contributed by atoms with van der Waals surface area (Å²) in [5.41, 5.74) is 1.32. The number of hydrogen-bond donors (Lipinski definition) is 0. The fourth-order valence-electron chi connectivity index (χ4n) is 2.36. The van der Waals surface area contributed by atoms with Crippen molar-refractivity contribution in [1.82, 2.24) is 9.21 Å². The maximum absolute atomic E-state index is 12.6. The quantitative estimate of drug-likeness (QED) is 0.790. The molecule has 0 fully saturated rings. The highest BCUT2D eigenvalue weighted by molar-refractivity contribution is 7.89. The van der Waals surface area contributed by atoms with Gasteiger partial charge in [-0.05, 0) is 30.3 Å². The molecule has 134 valence electrons. The van der Waals surface area contributed by atoms with Crippen LogP contribution < -0.4 is 4.74 Å². The van der Waals surface area contributed by atoms with E-state index in [0.29, 0.717) is 12.1 Å². The average molecular weight is 362 g/mol. The molecule has 0 aromatic heterocycles.